The molecule has 0 fully saturated rings. The van der Waals surface area contributed by atoms with Crippen molar-refractivity contribution in [2.24, 2.45) is 0 Å². The number of thiophene rings is 2. The van der Waals surface area contributed by atoms with Gasteiger partial charge in [-0.3, -0.25) is 4.79 Å². The second kappa shape index (κ2) is 11.2. The topological polar surface area (TPSA) is 108 Å². The van der Waals surface area contributed by atoms with Crippen LogP contribution in [0, 0.1) is 36.5 Å². The van der Waals surface area contributed by atoms with Crippen LogP contribution in [0.25, 0.3) is 11.1 Å². The van der Waals surface area contributed by atoms with Gasteiger partial charge in [-0.15, -0.1) is 22.7 Å². The van der Waals surface area contributed by atoms with E-state index >= 15 is 0 Å². The van der Waals surface area contributed by atoms with Crippen LogP contribution in [-0.4, -0.2) is 23.1 Å². The zero-order valence-electron chi connectivity index (χ0n) is 22.4. The zero-order valence-corrected chi connectivity index (χ0v) is 24.0. The van der Waals surface area contributed by atoms with Gasteiger partial charge in [-0.2, -0.15) is 10.5 Å². The van der Waals surface area contributed by atoms with E-state index in [0.29, 0.717) is 10.6 Å². The summed E-state index contributed by atoms with van der Waals surface area (Å²) in [6.07, 6.45) is 9.44. The van der Waals surface area contributed by atoms with Gasteiger partial charge in [0.05, 0.1) is 17.7 Å². The van der Waals surface area contributed by atoms with Crippen molar-refractivity contribution >= 4 is 45.6 Å². The molecule has 5 rings (SSSR count). The predicted octanol–water partition coefficient (Wildman–Crippen LogP) is 6.57. The van der Waals surface area contributed by atoms with Crippen molar-refractivity contribution in [2.45, 2.75) is 72.1 Å². The van der Waals surface area contributed by atoms with Crippen molar-refractivity contribution in [3.63, 3.8) is 0 Å². The van der Waals surface area contributed by atoms with Gasteiger partial charge in [0.25, 0.3) is 5.91 Å². The molecule has 0 saturated carbocycles. The van der Waals surface area contributed by atoms with Crippen molar-refractivity contribution in [1.82, 2.24) is 4.57 Å². The molecule has 7 nitrogen and oxygen atoms in total. The molecule has 1 N–H and O–H groups in total. The van der Waals surface area contributed by atoms with Crippen molar-refractivity contribution in [3.05, 3.63) is 60.6 Å². The van der Waals surface area contributed by atoms with E-state index in [9.17, 15) is 20.1 Å². The fourth-order valence-corrected chi connectivity index (χ4v) is 8.34. The number of carbonyl (C=O) groups is 2. The standard InChI is InChI=1S/C30H30N4O3S2/c1-4-37-30(36)26-22-10-6-8-12-25(22)38-28(26)33-27(35)20(15-31)14-19-13-17(2)34(18(19)3)29-23(16-32)21-9-5-7-11-24(21)39-29/h13-14H,4-12H2,1-3H3,(H,33,35). The number of ether oxygens (including phenoxy) is 1. The van der Waals surface area contributed by atoms with Crippen molar-refractivity contribution in [2.75, 3.05) is 11.9 Å². The van der Waals surface area contributed by atoms with Gasteiger partial charge in [-0.25, -0.2) is 4.79 Å². The lowest BCUT2D eigenvalue weighted by Crippen LogP contribution is -2.16. The fraction of sp³-hybridized carbons (Fsp3) is 0.400. The largest absolute Gasteiger partial charge is 0.462 e. The summed E-state index contributed by atoms with van der Waals surface area (Å²) in [5.41, 5.74) is 5.76. The number of hydrogen-bond acceptors (Lipinski definition) is 7. The minimum absolute atomic E-state index is 0.0533. The molecule has 3 aromatic rings. The maximum atomic E-state index is 13.3. The second-order valence-electron chi connectivity index (χ2n) is 9.92. The van der Waals surface area contributed by atoms with Crippen LogP contribution >= 0.6 is 22.7 Å². The molecule has 39 heavy (non-hydrogen) atoms. The first-order valence-electron chi connectivity index (χ1n) is 13.4. The molecule has 2 aliphatic carbocycles. The normalized spacial score (nSPS) is 14.6. The van der Waals surface area contributed by atoms with Gasteiger partial charge >= 0.3 is 5.97 Å². The molecule has 2 aliphatic rings. The summed E-state index contributed by atoms with van der Waals surface area (Å²) >= 11 is 3.07. The Kier molecular flexibility index (Phi) is 7.74. The number of rotatable bonds is 6. The van der Waals surface area contributed by atoms with Gasteiger partial charge in [-0.05, 0) is 101 Å². The molecular formula is C30H30N4O3S2. The highest BCUT2D eigenvalue weighted by Crippen LogP contribution is 2.40. The molecule has 9 heteroatoms. The van der Waals surface area contributed by atoms with Gasteiger partial charge in [0.15, 0.2) is 0 Å². The maximum Gasteiger partial charge on any atom is 0.341 e. The van der Waals surface area contributed by atoms with Gasteiger partial charge < -0.3 is 14.6 Å². The summed E-state index contributed by atoms with van der Waals surface area (Å²) in [5.74, 6) is -0.999. The summed E-state index contributed by atoms with van der Waals surface area (Å²) < 4.78 is 7.35. The molecule has 3 heterocycles. The Morgan fingerprint density at radius 3 is 2.38 bits per heavy atom. The van der Waals surface area contributed by atoms with Gasteiger partial charge in [0, 0.05) is 21.1 Å². The first-order chi connectivity index (χ1) is 18.9. The summed E-state index contributed by atoms with van der Waals surface area (Å²) in [5, 5.41) is 24.1. The van der Waals surface area contributed by atoms with Crippen molar-refractivity contribution < 1.29 is 14.3 Å². The lowest BCUT2D eigenvalue weighted by atomic mass is 9.95. The molecule has 1 amide bonds. The molecule has 0 unspecified atom stereocenters. The highest BCUT2D eigenvalue weighted by Gasteiger charge is 2.28. The number of esters is 1. The van der Waals surface area contributed by atoms with Crippen LogP contribution in [0.3, 0.4) is 0 Å². The van der Waals surface area contributed by atoms with Crippen molar-refractivity contribution in [3.8, 4) is 17.1 Å². The molecule has 0 saturated heterocycles. The Morgan fingerprint density at radius 2 is 1.72 bits per heavy atom. The first kappa shape index (κ1) is 26.9. The Balaban J connectivity index is 1.48. The van der Waals surface area contributed by atoms with Crippen LogP contribution < -0.4 is 5.32 Å². The maximum absolute atomic E-state index is 13.3. The average molecular weight is 559 g/mol. The monoisotopic (exact) mass is 558 g/mol. The zero-order chi connectivity index (χ0) is 27.7. The van der Waals surface area contributed by atoms with Crippen LogP contribution in [0.15, 0.2) is 11.6 Å². The lowest BCUT2D eigenvalue weighted by molar-refractivity contribution is -0.112. The smallest absolute Gasteiger partial charge is 0.341 e. The number of nitrogens with zero attached hydrogens (tertiary/aromatic N) is 3. The highest BCUT2D eigenvalue weighted by atomic mass is 32.1. The average Bonchev–Trinajstić information content (AvgIpc) is 3.56. The molecule has 0 spiro atoms. The van der Waals surface area contributed by atoms with Crippen LogP contribution in [0.2, 0.25) is 0 Å². The van der Waals surface area contributed by atoms with E-state index in [4.69, 9.17) is 4.74 Å². The molecule has 0 bridgehead atoms. The second-order valence-corrected chi connectivity index (χ2v) is 12.1. The Hall–Kier alpha value is -3.66. The summed E-state index contributed by atoms with van der Waals surface area (Å²) in [4.78, 5) is 28.5. The fourth-order valence-electron chi connectivity index (χ4n) is 5.62. The van der Waals surface area contributed by atoms with Crippen LogP contribution in [0.1, 0.15) is 86.4 Å². The highest BCUT2D eigenvalue weighted by molar-refractivity contribution is 7.17. The summed E-state index contributed by atoms with van der Waals surface area (Å²) in [7, 11) is 0. The Labute approximate surface area is 236 Å². The number of aryl methyl sites for hydroxylation is 3. The Bertz CT molecular complexity index is 1590. The van der Waals surface area contributed by atoms with E-state index in [0.717, 1.165) is 89.3 Å². The third-order valence-corrected chi connectivity index (χ3v) is 9.96. The number of fused-ring (bicyclic) bond motifs is 2. The molecular weight excluding hydrogens is 528 g/mol. The molecule has 0 aliphatic heterocycles. The first-order valence-corrected chi connectivity index (χ1v) is 15.0. The van der Waals surface area contributed by atoms with E-state index in [1.807, 2.05) is 26.0 Å². The quantitative estimate of drug-likeness (QED) is 0.209. The number of aromatic nitrogens is 1. The number of amides is 1. The number of hydrogen-bond donors (Lipinski definition) is 1. The van der Waals surface area contributed by atoms with Crippen LogP contribution in [0.4, 0.5) is 5.00 Å². The minimum atomic E-state index is -0.559. The Morgan fingerprint density at radius 1 is 1.05 bits per heavy atom. The predicted molar refractivity (Wildman–Crippen MR) is 154 cm³/mol. The lowest BCUT2D eigenvalue weighted by Gasteiger charge is -2.12. The van der Waals surface area contributed by atoms with Crippen LogP contribution in [0.5, 0.6) is 0 Å². The minimum Gasteiger partial charge on any atom is -0.462 e. The van der Waals surface area contributed by atoms with Gasteiger partial charge in [0.2, 0.25) is 0 Å². The number of nitriles is 2. The van der Waals surface area contributed by atoms with E-state index in [1.165, 1.54) is 21.8 Å². The van der Waals surface area contributed by atoms with E-state index in [-0.39, 0.29) is 12.2 Å². The molecule has 0 aromatic carbocycles. The third-order valence-electron chi connectivity index (χ3n) is 7.48. The molecule has 0 radical (unpaired) electrons. The SMILES string of the molecule is CCOC(=O)c1c(NC(=O)C(C#N)=Cc2cc(C)n(-c3sc4c(c3C#N)CCCC4)c2C)sc2c1CCCC2. The number of anilines is 1. The summed E-state index contributed by atoms with van der Waals surface area (Å²) in [6, 6.07) is 6.41. The van der Waals surface area contributed by atoms with E-state index in [2.05, 4.69) is 16.0 Å². The van der Waals surface area contributed by atoms with Gasteiger partial charge in [0.1, 0.15) is 27.7 Å². The number of carbonyl (C=O) groups excluding carboxylic acids is 2. The molecule has 200 valence electrons. The molecule has 0 atom stereocenters. The third kappa shape index (κ3) is 4.93. The van der Waals surface area contributed by atoms with Gasteiger partial charge in [-0.1, -0.05) is 0 Å². The molecule has 3 aromatic heterocycles. The van der Waals surface area contributed by atoms with E-state index in [1.54, 1.807) is 24.3 Å². The van der Waals surface area contributed by atoms with Crippen molar-refractivity contribution in [1.29, 1.82) is 10.5 Å². The number of nitrogens with one attached hydrogen (secondary N) is 1. The van der Waals surface area contributed by atoms with Crippen LogP contribution in [-0.2, 0) is 35.2 Å². The summed E-state index contributed by atoms with van der Waals surface area (Å²) in [6.45, 7) is 5.92. The van der Waals surface area contributed by atoms with E-state index < -0.39 is 11.9 Å².